The fourth-order valence-corrected chi connectivity index (χ4v) is 2.48. The summed E-state index contributed by atoms with van der Waals surface area (Å²) in [6.45, 7) is 6.28. The van der Waals surface area contributed by atoms with Crippen molar-refractivity contribution in [3.63, 3.8) is 0 Å². The van der Waals surface area contributed by atoms with Gasteiger partial charge in [0.05, 0.1) is 5.54 Å². The van der Waals surface area contributed by atoms with Gasteiger partial charge >= 0.3 is 0 Å². The fourth-order valence-electron chi connectivity index (χ4n) is 2.48. The van der Waals surface area contributed by atoms with Gasteiger partial charge < -0.3 is 10.6 Å². The summed E-state index contributed by atoms with van der Waals surface area (Å²) in [4.78, 5) is 2.05. The lowest BCUT2D eigenvalue weighted by molar-refractivity contribution is 0.163. The van der Waals surface area contributed by atoms with Crippen LogP contribution in [0.1, 0.15) is 32.8 Å². The topological polar surface area (TPSA) is 29.3 Å². The Morgan fingerprint density at radius 1 is 1.22 bits per heavy atom. The Morgan fingerprint density at radius 3 is 2.22 bits per heavy atom. The van der Waals surface area contributed by atoms with E-state index in [1.807, 2.05) is 20.2 Å². The molecule has 1 aromatic rings. The number of nitrogens with zero attached hydrogens (tertiary/aromatic N) is 1. The Bertz CT molecular complexity index is 390. The number of rotatable bonds is 5. The van der Waals surface area contributed by atoms with Gasteiger partial charge in [0.15, 0.2) is 0 Å². The van der Waals surface area contributed by atoms with Crippen molar-refractivity contribution in [3.05, 3.63) is 35.6 Å². The summed E-state index contributed by atoms with van der Waals surface area (Å²) in [6, 6.07) is 6.91. The van der Waals surface area contributed by atoms with Crippen LogP contribution >= 0.6 is 0 Å². The molecule has 0 saturated heterocycles. The fraction of sp³-hybridized carbons (Fsp3) is 0.600. The van der Waals surface area contributed by atoms with Gasteiger partial charge in [-0.3, -0.25) is 0 Å². The van der Waals surface area contributed by atoms with Crippen molar-refractivity contribution in [1.29, 1.82) is 0 Å². The Labute approximate surface area is 110 Å². The zero-order valence-electron chi connectivity index (χ0n) is 12.1. The van der Waals surface area contributed by atoms with Crippen molar-refractivity contribution in [1.82, 2.24) is 4.90 Å². The standard InChI is InChI=1S/C15H25FN2/c1-11(2)10-15(17,12(3)18(4)5)13-8-6-7-9-14(13)16/h6-9,11-12H,10,17H2,1-5H3. The van der Waals surface area contributed by atoms with Crippen molar-refractivity contribution in [2.24, 2.45) is 11.7 Å². The molecule has 2 unspecified atom stereocenters. The molecule has 1 rings (SSSR count). The van der Waals surface area contributed by atoms with Crippen molar-refractivity contribution < 1.29 is 4.39 Å². The summed E-state index contributed by atoms with van der Waals surface area (Å²) in [5.41, 5.74) is 6.53. The molecule has 102 valence electrons. The van der Waals surface area contributed by atoms with E-state index in [-0.39, 0.29) is 11.9 Å². The van der Waals surface area contributed by atoms with E-state index in [4.69, 9.17) is 5.73 Å². The molecule has 2 nitrogen and oxygen atoms in total. The van der Waals surface area contributed by atoms with Crippen LogP contribution in [-0.4, -0.2) is 25.0 Å². The Morgan fingerprint density at radius 2 is 1.78 bits per heavy atom. The van der Waals surface area contributed by atoms with Gasteiger partial charge in [-0.1, -0.05) is 32.0 Å². The largest absolute Gasteiger partial charge is 0.320 e. The zero-order chi connectivity index (χ0) is 13.9. The summed E-state index contributed by atoms with van der Waals surface area (Å²) < 4.78 is 14.1. The normalized spacial score (nSPS) is 16.9. The Balaban J connectivity index is 3.24. The third-order valence-corrected chi connectivity index (χ3v) is 3.64. The molecule has 0 spiro atoms. The van der Waals surface area contributed by atoms with Crippen LogP contribution in [0.2, 0.25) is 0 Å². The van der Waals surface area contributed by atoms with E-state index < -0.39 is 5.54 Å². The van der Waals surface area contributed by atoms with E-state index in [9.17, 15) is 4.39 Å². The lowest BCUT2D eigenvalue weighted by Crippen LogP contribution is -2.53. The molecule has 0 radical (unpaired) electrons. The maximum absolute atomic E-state index is 14.1. The van der Waals surface area contributed by atoms with Crippen LogP contribution in [-0.2, 0) is 5.54 Å². The second-order valence-electron chi connectivity index (χ2n) is 5.76. The highest BCUT2D eigenvalue weighted by Crippen LogP contribution is 2.33. The van der Waals surface area contributed by atoms with Gasteiger partial charge in [0.25, 0.3) is 0 Å². The minimum atomic E-state index is -0.664. The lowest BCUT2D eigenvalue weighted by Gasteiger charge is -2.41. The molecule has 18 heavy (non-hydrogen) atoms. The van der Waals surface area contributed by atoms with E-state index in [1.165, 1.54) is 6.07 Å². The molecule has 0 aliphatic carbocycles. The molecule has 0 aliphatic heterocycles. The number of benzene rings is 1. The second-order valence-corrected chi connectivity index (χ2v) is 5.76. The number of hydrogen-bond acceptors (Lipinski definition) is 2. The van der Waals surface area contributed by atoms with E-state index in [0.717, 1.165) is 6.42 Å². The van der Waals surface area contributed by atoms with Crippen molar-refractivity contribution in [2.75, 3.05) is 14.1 Å². The van der Waals surface area contributed by atoms with Gasteiger partial charge in [-0.25, -0.2) is 4.39 Å². The van der Waals surface area contributed by atoms with Gasteiger partial charge in [-0.15, -0.1) is 0 Å². The maximum Gasteiger partial charge on any atom is 0.128 e. The van der Waals surface area contributed by atoms with Crippen LogP contribution < -0.4 is 5.73 Å². The average Bonchev–Trinajstić information content (AvgIpc) is 2.27. The third kappa shape index (κ3) is 3.09. The zero-order valence-corrected chi connectivity index (χ0v) is 12.1. The molecular formula is C15H25FN2. The smallest absolute Gasteiger partial charge is 0.128 e. The first-order valence-electron chi connectivity index (χ1n) is 6.49. The summed E-state index contributed by atoms with van der Waals surface area (Å²) in [5.74, 6) is 0.200. The van der Waals surface area contributed by atoms with Gasteiger partial charge in [0.1, 0.15) is 5.82 Å². The highest BCUT2D eigenvalue weighted by atomic mass is 19.1. The van der Waals surface area contributed by atoms with E-state index in [2.05, 4.69) is 25.7 Å². The predicted molar refractivity (Wildman–Crippen MR) is 74.9 cm³/mol. The molecule has 0 amide bonds. The summed E-state index contributed by atoms with van der Waals surface area (Å²) in [5, 5.41) is 0. The molecule has 0 fully saturated rings. The molecular weight excluding hydrogens is 227 g/mol. The van der Waals surface area contributed by atoms with Crippen molar-refractivity contribution in [2.45, 2.75) is 38.8 Å². The summed E-state index contributed by atoms with van der Waals surface area (Å²) >= 11 is 0. The van der Waals surface area contributed by atoms with Gasteiger partial charge in [0.2, 0.25) is 0 Å². The molecule has 0 aromatic heterocycles. The number of nitrogens with two attached hydrogens (primary N) is 1. The van der Waals surface area contributed by atoms with Crippen LogP contribution in [0.25, 0.3) is 0 Å². The van der Waals surface area contributed by atoms with Crippen molar-refractivity contribution in [3.8, 4) is 0 Å². The summed E-state index contributed by atoms with van der Waals surface area (Å²) in [7, 11) is 3.96. The number of halogens is 1. The average molecular weight is 252 g/mol. The third-order valence-electron chi connectivity index (χ3n) is 3.64. The van der Waals surface area contributed by atoms with Crippen LogP contribution in [0.15, 0.2) is 24.3 Å². The molecule has 2 atom stereocenters. The first-order valence-corrected chi connectivity index (χ1v) is 6.49. The number of hydrogen-bond donors (Lipinski definition) is 1. The van der Waals surface area contributed by atoms with E-state index in [1.54, 1.807) is 12.1 Å². The minimum absolute atomic E-state index is 0.0665. The maximum atomic E-state index is 14.1. The molecule has 1 aromatic carbocycles. The molecule has 0 saturated carbocycles. The number of likely N-dealkylation sites (N-methyl/N-ethyl adjacent to an activating group) is 1. The van der Waals surface area contributed by atoms with Gasteiger partial charge in [0, 0.05) is 11.6 Å². The van der Waals surface area contributed by atoms with Crippen LogP contribution in [0.4, 0.5) is 4.39 Å². The first kappa shape index (κ1) is 15.1. The first-order chi connectivity index (χ1) is 8.29. The minimum Gasteiger partial charge on any atom is -0.320 e. The van der Waals surface area contributed by atoms with Crippen LogP contribution in [0, 0.1) is 11.7 Å². The summed E-state index contributed by atoms with van der Waals surface area (Å²) in [6.07, 6.45) is 0.757. The molecule has 0 aliphatic rings. The predicted octanol–water partition coefficient (Wildman–Crippen LogP) is 2.98. The quantitative estimate of drug-likeness (QED) is 0.873. The van der Waals surface area contributed by atoms with Crippen LogP contribution in [0.3, 0.4) is 0 Å². The van der Waals surface area contributed by atoms with Gasteiger partial charge in [-0.2, -0.15) is 0 Å². The Kier molecular flexibility index (Phi) is 4.88. The van der Waals surface area contributed by atoms with Crippen LogP contribution in [0.5, 0.6) is 0 Å². The Hall–Kier alpha value is -0.930. The highest BCUT2D eigenvalue weighted by Gasteiger charge is 2.37. The molecule has 0 bridgehead atoms. The lowest BCUT2D eigenvalue weighted by atomic mass is 9.77. The van der Waals surface area contributed by atoms with Gasteiger partial charge in [-0.05, 0) is 39.4 Å². The molecule has 0 heterocycles. The second kappa shape index (κ2) is 5.81. The van der Waals surface area contributed by atoms with E-state index in [0.29, 0.717) is 11.5 Å². The monoisotopic (exact) mass is 252 g/mol. The highest BCUT2D eigenvalue weighted by molar-refractivity contribution is 5.28. The SMILES string of the molecule is CC(C)CC(N)(c1ccccc1F)C(C)N(C)C. The molecule has 3 heteroatoms. The van der Waals surface area contributed by atoms with E-state index >= 15 is 0 Å². The van der Waals surface area contributed by atoms with Crippen molar-refractivity contribution >= 4 is 0 Å². The molecule has 2 N–H and O–H groups in total.